The van der Waals surface area contributed by atoms with Crippen LogP contribution in [0.3, 0.4) is 0 Å². The van der Waals surface area contributed by atoms with Crippen LogP contribution in [0.4, 0.5) is 4.79 Å². The average molecular weight is 159 g/mol. The number of carbonyl (C=O) groups excluding carboxylic acids is 1. The molecule has 0 aliphatic carbocycles. The van der Waals surface area contributed by atoms with E-state index in [-0.39, 0.29) is 6.09 Å². The summed E-state index contributed by atoms with van der Waals surface area (Å²) in [4.78, 5) is 10.6. The number of amides is 1. The van der Waals surface area contributed by atoms with Crippen molar-refractivity contribution in [2.45, 2.75) is 6.42 Å². The first-order valence-electron chi connectivity index (χ1n) is 3.72. The highest BCUT2D eigenvalue weighted by molar-refractivity contribution is 5.66. The molecular weight excluding hydrogens is 146 g/mol. The zero-order valence-corrected chi connectivity index (χ0v) is 6.63. The highest BCUT2D eigenvalue weighted by Crippen LogP contribution is 2.10. The van der Waals surface area contributed by atoms with Crippen LogP contribution < -0.4 is 5.32 Å². The molecule has 11 heavy (non-hydrogen) atoms. The normalized spacial score (nSPS) is 23.2. The van der Waals surface area contributed by atoms with E-state index in [2.05, 4.69) is 10.1 Å². The van der Waals surface area contributed by atoms with Crippen LogP contribution in [-0.2, 0) is 9.47 Å². The molecular formula is C7H13NO3. The standard InChI is InChI=1S/C7H13NO3/c1-10-7(9)8-4-6-2-3-11-5-6/h6H,2-5H2,1H3,(H,8,9). The molecule has 4 nitrogen and oxygen atoms in total. The van der Waals surface area contributed by atoms with Gasteiger partial charge in [-0.1, -0.05) is 0 Å². The van der Waals surface area contributed by atoms with Crippen LogP contribution in [0.15, 0.2) is 0 Å². The van der Waals surface area contributed by atoms with E-state index in [0.717, 1.165) is 19.6 Å². The number of rotatable bonds is 2. The molecule has 1 unspecified atom stereocenters. The summed E-state index contributed by atoms with van der Waals surface area (Å²) < 4.78 is 9.55. The Bertz CT molecular complexity index is 132. The zero-order valence-electron chi connectivity index (χ0n) is 6.63. The Kier molecular flexibility index (Phi) is 3.16. The summed E-state index contributed by atoms with van der Waals surface area (Å²) in [6, 6.07) is 0. The first-order valence-corrected chi connectivity index (χ1v) is 3.72. The van der Waals surface area contributed by atoms with Gasteiger partial charge in [-0.15, -0.1) is 0 Å². The minimum Gasteiger partial charge on any atom is -0.453 e. The van der Waals surface area contributed by atoms with Crippen LogP contribution in [-0.4, -0.2) is 33.0 Å². The molecule has 0 radical (unpaired) electrons. The van der Waals surface area contributed by atoms with Crippen LogP contribution >= 0.6 is 0 Å². The van der Waals surface area contributed by atoms with Gasteiger partial charge in [0.25, 0.3) is 0 Å². The number of nitrogens with one attached hydrogen (secondary N) is 1. The largest absolute Gasteiger partial charge is 0.453 e. The second-order valence-corrected chi connectivity index (χ2v) is 2.60. The van der Waals surface area contributed by atoms with Crippen molar-refractivity contribution in [1.82, 2.24) is 5.32 Å². The highest BCUT2D eigenvalue weighted by atomic mass is 16.5. The predicted octanol–water partition coefficient (Wildman–Crippen LogP) is 0.379. The predicted molar refractivity (Wildman–Crippen MR) is 39.3 cm³/mol. The van der Waals surface area contributed by atoms with Crippen molar-refractivity contribution in [1.29, 1.82) is 0 Å². The van der Waals surface area contributed by atoms with Gasteiger partial charge in [0.1, 0.15) is 0 Å². The third-order valence-corrected chi connectivity index (χ3v) is 1.74. The lowest BCUT2D eigenvalue weighted by atomic mass is 10.1. The van der Waals surface area contributed by atoms with Gasteiger partial charge < -0.3 is 14.8 Å². The summed E-state index contributed by atoms with van der Waals surface area (Å²) in [6.45, 7) is 2.23. The molecule has 1 fully saturated rings. The number of methoxy groups -OCH3 is 1. The lowest BCUT2D eigenvalue weighted by Gasteiger charge is -2.07. The van der Waals surface area contributed by atoms with Gasteiger partial charge >= 0.3 is 6.09 Å². The fourth-order valence-corrected chi connectivity index (χ4v) is 1.04. The molecule has 1 N–H and O–H groups in total. The molecule has 1 aliphatic rings. The van der Waals surface area contributed by atoms with Gasteiger partial charge in [-0.3, -0.25) is 0 Å². The summed E-state index contributed by atoms with van der Waals surface area (Å²) >= 11 is 0. The van der Waals surface area contributed by atoms with E-state index in [1.54, 1.807) is 0 Å². The zero-order chi connectivity index (χ0) is 8.10. The molecule has 4 heteroatoms. The SMILES string of the molecule is COC(=O)NCC1CCOC1. The first-order chi connectivity index (χ1) is 5.33. The third kappa shape index (κ3) is 2.76. The molecule has 1 amide bonds. The highest BCUT2D eigenvalue weighted by Gasteiger charge is 2.15. The van der Waals surface area contributed by atoms with Gasteiger partial charge in [-0.2, -0.15) is 0 Å². The minimum atomic E-state index is -0.364. The van der Waals surface area contributed by atoms with Gasteiger partial charge in [0, 0.05) is 19.1 Å². The lowest BCUT2D eigenvalue weighted by Crippen LogP contribution is -2.29. The maximum absolute atomic E-state index is 10.6. The summed E-state index contributed by atoms with van der Waals surface area (Å²) in [5.41, 5.74) is 0. The number of hydrogen-bond donors (Lipinski definition) is 1. The number of hydrogen-bond acceptors (Lipinski definition) is 3. The minimum absolute atomic E-state index is 0.364. The number of ether oxygens (including phenoxy) is 2. The molecule has 1 rings (SSSR count). The Balaban J connectivity index is 2.06. The molecule has 1 saturated heterocycles. The van der Waals surface area contributed by atoms with Crippen LogP contribution in [0.2, 0.25) is 0 Å². The van der Waals surface area contributed by atoms with Crippen LogP contribution in [0.5, 0.6) is 0 Å². The molecule has 1 heterocycles. The number of carbonyl (C=O) groups is 1. The van der Waals surface area contributed by atoms with Crippen LogP contribution in [0.25, 0.3) is 0 Å². The van der Waals surface area contributed by atoms with Crippen molar-refractivity contribution in [3.63, 3.8) is 0 Å². The smallest absolute Gasteiger partial charge is 0.406 e. The molecule has 0 aromatic rings. The Morgan fingerprint density at radius 3 is 3.18 bits per heavy atom. The second-order valence-electron chi connectivity index (χ2n) is 2.60. The average Bonchev–Trinajstić information content (AvgIpc) is 2.52. The van der Waals surface area contributed by atoms with Crippen LogP contribution in [0.1, 0.15) is 6.42 Å². The van der Waals surface area contributed by atoms with E-state index < -0.39 is 0 Å². The molecule has 0 saturated carbocycles. The van der Waals surface area contributed by atoms with Crippen molar-refractivity contribution < 1.29 is 14.3 Å². The van der Waals surface area contributed by atoms with E-state index in [4.69, 9.17) is 4.74 Å². The molecule has 64 valence electrons. The first kappa shape index (κ1) is 8.33. The van der Waals surface area contributed by atoms with Crippen molar-refractivity contribution in [2.24, 2.45) is 5.92 Å². The molecule has 0 aromatic carbocycles. The van der Waals surface area contributed by atoms with E-state index in [1.165, 1.54) is 7.11 Å². The Morgan fingerprint density at radius 2 is 2.64 bits per heavy atom. The van der Waals surface area contributed by atoms with Gasteiger partial charge in [-0.25, -0.2) is 4.79 Å². The Hall–Kier alpha value is -0.770. The van der Waals surface area contributed by atoms with Crippen molar-refractivity contribution in [3.05, 3.63) is 0 Å². The van der Waals surface area contributed by atoms with E-state index in [1.807, 2.05) is 0 Å². The summed E-state index contributed by atoms with van der Waals surface area (Å²) in [6.07, 6.45) is 0.668. The molecule has 1 atom stereocenters. The molecule has 0 aromatic heterocycles. The monoisotopic (exact) mass is 159 g/mol. The number of alkyl carbamates (subject to hydrolysis) is 1. The Morgan fingerprint density at radius 1 is 1.82 bits per heavy atom. The third-order valence-electron chi connectivity index (χ3n) is 1.74. The molecule has 0 bridgehead atoms. The maximum Gasteiger partial charge on any atom is 0.406 e. The maximum atomic E-state index is 10.6. The van der Waals surface area contributed by atoms with Crippen molar-refractivity contribution in [2.75, 3.05) is 26.9 Å². The van der Waals surface area contributed by atoms with Crippen molar-refractivity contribution >= 4 is 6.09 Å². The van der Waals surface area contributed by atoms with Gasteiger partial charge in [-0.05, 0) is 6.42 Å². The van der Waals surface area contributed by atoms with Crippen molar-refractivity contribution in [3.8, 4) is 0 Å². The lowest BCUT2D eigenvalue weighted by molar-refractivity contribution is 0.165. The Labute approximate surface area is 65.9 Å². The van der Waals surface area contributed by atoms with E-state index in [9.17, 15) is 4.79 Å². The van der Waals surface area contributed by atoms with Gasteiger partial charge in [0.15, 0.2) is 0 Å². The van der Waals surface area contributed by atoms with E-state index in [0.29, 0.717) is 12.5 Å². The molecule has 1 aliphatic heterocycles. The topological polar surface area (TPSA) is 47.6 Å². The fourth-order valence-electron chi connectivity index (χ4n) is 1.04. The summed E-state index contributed by atoms with van der Waals surface area (Å²) in [5, 5.41) is 2.63. The quantitative estimate of drug-likeness (QED) is 0.633. The summed E-state index contributed by atoms with van der Waals surface area (Å²) in [7, 11) is 1.36. The van der Waals surface area contributed by atoms with Gasteiger partial charge in [0.2, 0.25) is 0 Å². The van der Waals surface area contributed by atoms with Crippen LogP contribution in [0, 0.1) is 5.92 Å². The molecule has 0 spiro atoms. The second kappa shape index (κ2) is 4.18. The van der Waals surface area contributed by atoms with Gasteiger partial charge in [0.05, 0.1) is 13.7 Å². The van der Waals surface area contributed by atoms with E-state index >= 15 is 0 Å². The fraction of sp³-hybridized carbons (Fsp3) is 0.857. The summed E-state index contributed by atoms with van der Waals surface area (Å²) in [5.74, 6) is 0.467.